The van der Waals surface area contributed by atoms with Gasteiger partial charge in [0.1, 0.15) is 5.75 Å². The van der Waals surface area contributed by atoms with Crippen LogP contribution in [0.2, 0.25) is 0 Å². The van der Waals surface area contributed by atoms with Gasteiger partial charge in [0, 0.05) is 18.3 Å². The normalized spacial score (nSPS) is 12.0. The van der Waals surface area contributed by atoms with Crippen LogP contribution in [0.4, 0.5) is 5.69 Å². The maximum atomic E-state index is 12.2. The molecule has 0 aromatic heterocycles. The summed E-state index contributed by atoms with van der Waals surface area (Å²) < 4.78 is 15.6. The van der Waals surface area contributed by atoms with Gasteiger partial charge in [-0.25, -0.2) is 0 Å². The predicted molar refractivity (Wildman–Crippen MR) is 81.1 cm³/mol. The van der Waals surface area contributed by atoms with Crippen LogP contribution in [0.1, 0.15) is 15.9 Å². The number of ether oxygens (including phenoxy) is 3. The molecule has 22 heavy (non-hydrogen) atoms. The third kappa shape index (κ3) is 2.76. The van der Waals surface area contributed by atoms with Gasteiger partial charge in [-0.15, -0.1) is 0 Å². The van der Waals surface area contributed by atoms with Gasteiger partial charge in [0.05, 0.1) is 12.7 Å². The van der Waals surface area contributed by atoms with E-state index in [-0.39, 0.29) is 12.7 Å². The number of nitrogens with two attached hydrogens (primary N) is 1. The molecule has 0 unspecified atom stereocenters. The summed E-state index contributed by atoms with van der Waals surface area (Å²) in [5, 5.41) is 2.83. The molecule has 114 valence electrons. The standard InChI is InChI=1S/C16H16N2O4/c1-20-11-3-4-12(13(17)7-11)16(19)18-8-10-2-5-14-15(6-10)22-9-21-14/h2-7H,8-9,17H2,1H3,(H,18,19). The van der Waals surface area contributed by atoms with Crippen LogP contribution in [0.25, 0.3) is 0 Å². The first-order valence-electron chi connectivity index (χ1n) is 6.77. The van der Waals surface area contributed by atoms with E-state index in [1.807, 2.05) is 18.2 Å². The van der Waals surface area contributed by atoms with Crippen LogP contribution >= 0.6 is 0 Å². The number of methoxy groups -OCH3 is 1. The van der Waals surface area contributed by atoms with Crippen molar-refractivity contribution in [3.63, 3.8) is 0 Å². The van der Waals surface area contributed by atoms with E-state index in [0.717, 1.165) is 11.3 Å². The summed E-state index contributed by atoms with van der Waals surface area (Å²) in [6.45, 7) is 0.606. The summed E-state index contributed by atoms with van der Waals surface area (Å²) in [5.41, 5.74) is 7.58. The molecule has 0 aliphatic carbocycles. The van der Waals surface area contributed by atoms with E-state index in [9.17, 15) is 4.79 Å². The number of rotatable bonds is 4. The van der Waals surface area contributed by atoms with Gasteiger partial charge in [0.25, 0.3) is 5.91 Å². The minimum absolute atomic E-state index is 0.230. The van der Waals surface area contributed by atoms with Crippen LogP contribution in [0.3, 0.4) is 0 Å². The van der Waals surface area contributed by atoms with Gasteiger partial charge in [0.15, 0.2) is 11.5 Å². The van der Waals surface area contributed by atoms with Gasteiger partial charge in [0.2, 0.25) is 6.79 Å². The van der Waals surface area contributed by atoms with E-state index < -0.39 is 0 Å². The highest BCUT2D eigenvalue weighted by molar-refractivity contribution is 5.99. The van der Waals surface area contributed by atoms with Crippen molar-refractivity contribution in [3.8, 4) is 17.2 Å². The topological polar surface area (TPSA) is 82.8 Å². The van der Waals surface area contributed by atoms with Gasteiger partial charge in [-0.1, -0.05) is 6.07 Å². The maximum absolute atomic E-state index is 12.2. The summed E-state index contributed by atoms with van der Waals surface area (Å²) in [4.78, 5) is 12.2. The van der Waals surface area contributed by atoms with Crippen LogP contribution in [-0.4, -0.2) is 19.8 Å². The number of nitrogen functional groups attached to an aromatic ring is 1. The van der Waals surface area contributed by atoms with Crippen molar-refractivity contribution in [1.82, 2.24) is 5.32 Å². The number of nitrogens with one attached hydrogen (secondary N) is 1. The Morgan fingerprint density at radius 1 is 1.23 bits per heavy atom. The second kappa shape index (κ2) is 5.85. The fourth-order valence-electron chi connectivity index (χ4n) is 2.20. The summed E-state index contributed by atoms with van der Waals surface area (Å²) >= 11 is 0. The van der Waals surface area contributed by atoms with E-state index in [4.69, 9.17) is 19.9 Å². The van der Waals surface area contributed by atoms with Gasteiger partial charge in [-0.05, 0) is 29.8 Å². The number of carbonyl (C=O) groups is 1. The van der Waals surface area contributed by atoms with Gasteiger partial charge < -0.3 is 25.3 Å². The van der Waals surface area contributed by atoms with Crippen molar-refractivity contribution < 1.29 is 19.0 Å². The first-order valence-corrected chi connectivity index (χ1v) is 6.77. The lowest BCUT2D eigenvalue weighted by Gasteiger charge is -2.09. The molecule has 0 bridgehead atoms. The summed E-state index contributed by atoms with van der Waals surface area (Å²) in [7, 11) is 1.55. The highest BCUT2D eigenvalue weighted by Gasteiger charge is 2.14. The van der Waals surface area contributed by atoms with Crippen LogP contribution in [0, 0.1) is 0 Å². The number of hydrogen-bond acceptors (Lipinski definition) is 5. The van der Waals surface area contributed by atoms with E-state index in [2.05, 4.69) is 5.32 Å². The number of fused-ring (bicyclic) bond motifs is 1. The molecule has 0 fully saturated rings. The Balaban J connectivity index is 1.67. The lowest BCUT2D eigenvalue weighted by Crippen LogP contribution is -2.23. The smallest absolute Gasteiger partial charge is 0.253 e. The molecule has 0 radical (unpaired) electrons. The van der Waals surface area contributed by atoms with Crippen LogP contribution in [-0.2, 0) is 6.54 Å². The van der Waals surface area contributed by atoms with E-state index in [0.29, 0.717) is 29.3 Å². The molecule has 3 N–H and O–H groups in total. The van der Waals surface area contributed by atoms with Crippen molar-refractivity contribution >= 4 is 11.6 Å². The SMILES string of the molecule is COc1ccc(C(=O)NCc2ccc3c(c2)OCO3)c(N)c1. The third-order valence-corrected chi connectivity index (χ3v) is 3.39. The van der Waals surface area contributed by atoms with Gasteiger partial charge in [-0.2, -0.15) is 0 Å². The number of benzene rings is 2. The highest BCUT2D eigenvalue weighted by atomic mass is 16.7. The molecule has 3 rings (SSSR count). The first-order chi connectivity index (χ1) is 10.7. The van der Waals surface area contributed by atoms with Crippen molar-refractivity contribution in [3.05, 3.63) is 47.5 Å². The molecule has 6 nitrogen and oxygen atoms in total. The zero-order valence-corrected chi connectivity index (χ0v) is 12.1. The lowest BCUT2D eigenvalue weighted by molar-refractivity contribution is 0.0951. The predicted octanol–water partition coefficient (Wildman–Crippen LogP) is 1.94. The largest absolute Gasteiger partial charge is 0.497 e. The second-order valence-corrected chi connectivity index (χ2v) is 4.82. The van der Waals surface area contributed by atoms with Crippen LogP contribution in [0.5, 0.6) is 17.2 Å². The quantitative estimate of drug-likeness (QED) is 0.843. The average Bonchev–Trinajstić information content (AvgIpc) is 3.00. The minimum atomic E-state index is -0.238. The zero-order chi connectivity index (χ0) is 15.5. The second-order valence-electron chi connectivity index (χ2n) is 4.82. The van der Waals surface area contributed by atoms with Crippen LogP contribution < -0.4 is 25.3 Å². The molecule has 6 heteroatoms. The Labute approximate surface area is 127 Å². The average molecular weight is 300 g/mol. The molecule has 2 aromatic carbocycles. The molecule has 1 aliphatic rings. The van der Waals surface area contributed by atoms with Crippen molar-refractivity contribution in [1.29, 1.82) is 0 Å². The maximum Gasteiger partial charge on any atom is 0.253 e. The number of anilines is 1. The minimum Gasteiger partial charge on any atom is -0.497 e. The van der Waals surface area contributed by atoms with Gasteiger partial charge >= 0.3 is 0 Å². The fourth-order valence-corrected chi connectivity index (χ4v) is 2.20. The number of hydrogen-bond donors (Lipinski definition) is 2. The van der Waals surface area contributed by atoms with Gasteiger partial charge in [-0.3, -0.25) is 4.79 Å². The molecule has 1 aliphatic heterocycles. The molecule has 0 saturated heterocycles. The molecule has 2 aromatic rings. The molecule has 0 atom stereocenters. The van der Waals surface area contributed by atoms with Crippen molar-refractivity contribution in [2.24, 2.45) is 0 Å². The van der Waals surface area contributed by atoms with E-state index >= 15 is 0 Å². The Kier molecular flexibility index (Phi) is 3.74. The van der Waals surface area contributed by atoms with Crippen molar-refractivity contribution in [2.45, 2.75) is 6.54 Å². The van der Waals surface area contributed by atoms with E-state index in [1.165, 1.54) is 0 Å². The summed E-state index contributed by atoms with van der Waals surface area (Å²) in [6.07, 6.45) is 0. The summed E-state index contributed by atoms with van der Waals surface area (Å²) in [6, 6.07) is 10.5. The lowest BCUT2D eigenvalue weighted by atomic mass is 10.1. The van der Waals surface area contributed by atoms with Crippen molar-refractivity contribution in [2.75, 3.05) is 19.6 Å². The molecule has 0 saturated carbocycles. The Bertz CT molecular complexity index is 715. The summed E-state index contributed by atoms with van der Waals surface area (Å²) in [5.74, 6) is 1.79. The zero-order valence-electron chi connectivity index (χ0n) is 12.1. The number of amides is 1. The monoisotopic (exact) mass is 300 g/mol. The highest BCUT2D eigenvalue weighted by Crippen LogP contribution is 2.32. The van der Waals surface area contributed by atoms with E-state index in [1.54, 1.807) is 25.3 Å². The Morgan fingerprint density at radius 2 is 2.05 bits per heavy atom. The number of carbonyl (C=O) groups excluding carboxylic acids is 1. The first kappa shape index (κ1) is 14.1. The third-order valence-electron chi connectivity index (χ3n) is 3.39. The Morgan fingerprint density at radius 3 is 2.82 bits per heavy atom. The molecular weight excluding hydrogens is 284 g/mol. The Hall–Kier alpha value is -2.89. The molecular formula is C16H16N2O4. The molecule has 1 heterocycles. The molecule has 0 spiro atoms. The fraction of sp³-hybridized carbons (Fsp3) is 0.188. The molecule has 1 amide bonds. The van der Waals surface area contributed by atoms with Crippen LogP contribution in [0.15, 0.2) is 36.4 Å².